The molecule has 0 saturated heterocycles. The van der Waals surface area contributed by atoms with E-state index in [4.69, 9.17) is 14.2 Å². The summed E-state index contributed by atoms with van der Waals surface area (Å²) in [5.74, 6) is -0.0649. The van der Waals surface area contributed by atoms with E-state index in [2.05, 4.69) is 5.32 Å². The minimum absolute atomic E-state index is 0.183. The monoisotopic (exact) mass is 552 g/mol. The van der Waals surface area contributed by atoms with Crippen molar-refractivity contribution in [1.29, 1.82) is 0 Å². The first-order valence-electron chi connectivity index (χ1n) is 13.5. The molecule has 0 heterocycles. The van der Waals surface area contributed by atoms with Gasteiger partial charge < -0.3 is 29.5 Å². The van der Waals surface area contributed by atoms with Crippen molar-refractivity contribution < 1.29 is 33.3 Å². The normalized spacial score (nSPS) is 11.4. The quantitative estimate of drug-likeness (QED) is 0.221. The molecule has 0 fully saturated rings. The molecule has 0 aliphatic heterocycles. The van der Waals surface area contributed by atoms with E-state index < -0.39 is 12.1 Å². The molecule has 3 rings (SSSR count). The molecule has 3 aromatic rings. The first-order valence-corrected chi connectivity index (χ1v) is 13.5. The molecule has 0 bridgehead atoms. The lowest BCUT2D eigenvalue weighted by Gasteiger charge is -2.23. The Hall–Kier alpha value is -4.11. The predicted octanol–water partition coefficient (Wildman–Crippen LogP) is 5.31. The third kappa shape index (κ3) is 10.9. The second-order valence-electron chi connectivity index (χ2n) is 9.12. The Labute approximate surface area is 234 Å². The van der Waals surface area contributed by atoms with Gasteiger partial charge in [-0.2, -0.15) is 0 Å². The lowest BCUT2D eigenvalue weighted by Crippen LogP contribution is -2.42. The topological polar surface area (TPSA) is 97.3 Å². The number of halogens is 1. The molecule has 3 aromatic carbocycles. The second-order valence-corrected chi connectivity index (χ2v) is 9.12. The molecule has 0 radical (unpaired) electrons. The SMILES string of the molecule is CCOC(Cc1ccc(OCCN(CCCCOc2ccc(F)cc2)C(=O)NCc2ccccc2)cc1)C(=O)O. The van der Waals surface area contributed by atoms with Crippen molar-refractivity contribution in [3.63, 3.8) is 0 Å². The number of rotatable bonds is 17. The molecule has 0 aliphatic rings. The van der Waals surface area contributed by atoms with Crippen molar-refractivity contribution in [1.82, 2.24) is 10.2 Å². The summed E-state index contributed by atoms with van der Waals surface area (Å²) in [5.41, 5.74) is 1.84. The number of carboxylic acid groups (broad SMARTS) is 1. The van der Waals surface area contributed by atoms with E-state index in [9.17, 15) is 19.1 Å². The summed E-state index contributed by atoms with van der Waals surface area (Å²) in [4.78, 5) is 26.0. The van der Waals surface area contributed by atoms with Crippen LogP contribution in [0.5, 0.6) is 11.5 Å². The number of carbonyl (C=O) groups is 2. The molecule has 0 saturated carbocycles. The van der Waals surface area contributed by atoms with Crippen LogP contribution in [0, 0.1) is 5.82 Å². The molecule has 214 valence electrons. The summed E-state index contributed by atoms with van der Waals surface area (Å²) >= 11 is 0. The van der Waals surface area contributed by atoms with Crippen molar-refractivity contribution in [2.24, 2.45) is 0 Å². The van der Waals surface area contributed by atoms with Crippen LogP contribution < -0.4 is 14.8 Å². The highest BCUT2D eigenvalue weighted by atomic mass is 19.1. The minimum Gasteiger partial charge on any atom is -0.494 e. The molecule has 0 aromatic heterocycles. The summed E-state index contributed by atoms with van der Waals surface area (Å²) in [6.45, 7) is 4.16. The molecule has 0 spiro atoms. The zero-order valence-corrected chi connectivity index (χ0v) is 22.8. The fourth-order valence-corrected chi connectivity index (χ4v) is 3.95. The average Bonchev–Trinajstić information content (AvgIpc) is 2.97. The van der Waals surface area contributed by atoms with Crippen molar-refractivity contribution in [2.75, 3.05) is 32.9 Å². The maximum Gasteiger partial charge on any atom is 0.333 e. The highest BCUT2D eigenvalue weighted by molar-refractivity contribution is 5.74. The van der Waals surface area contributed by atoms with Gasteiger partial charge in [-0.3, -0.25) is 0 Å². The van der Waals surface area contributed by atoms with Crippen LogP contribution in [-0.2, 0) is 22.5 Å². The molecule has 40 heavy (non-hydrogen) atoms. The number of carbonyl (C=O) groups excluding carboxylic acids is 1. The third-order valence-electron chi connectivity index (χ3n) is 6.10. The van der Waals surface area contributed by atoms with Crippen molar-refractivity contribution in [3.8, 4) is 11.5 Å². The zero-order valence-electron chi connectivity index (χ0n) is 22.8. The number of benzene rings is 3. The van der Waals surface area contributed by atoms with Crippen LogP contribution in [0.15, 0.2) is 78.9 Å². The van der Waals surface area contributed by atoms with Crippen molar-refractivity contribution in [3.05, 3.63) is 95.8 Å². The number of nitrogens with zero attached hydrogens (tertiary/aromatic N) is 1. The molecule has 8 nitrogen and oxygen atoms in total. The Morgan fingerprint density at radius 3 is 2.15 bits per heavy atom. The highest BCUT2D eigenvalue weighted by Gasteiger charge is 2.18. The van der Waals surface area contributed by atoms with Crippen molar-refractivity contribution in [2.45, 2.75) is 38.8 Å². The molecule has 2 N–H and O–H groups in total. The standard InChI is InChI=1S/C31H37FN2O6/c1-2-38-29(30(35)36)22-24-10-14-27(15-11-24)40-21-19-34(31(37)33-23-25-8-4-3-5-9-25)18-6-7-20-39-28-16-12-26(32)13-17-28/h3-5,8-17,29H,2,6-7,18-23H2,1H3,(H,33,37)(H,35,36). The van der Waals surface area contributed by atoms with Crippen LogP contribution >= 0.6 is 0 Å². The number of aliphatic carboxylic acids is 1. The Morgan fingerprint density at radius 1 is 0.850 bits per heavy atom. The highest BCUT2D eigenvalue weighted by Crippen LogP contribution is 2.15. The number of carboxylic acids is 1. The van der Waals surface area contributed by atoms with E-state index >= 15 is 0 Å². The molecule has 1 atom stereocenters. The van der Waals surface area contributed by atoms with E-state index in [-0.39, 0.29) is 18.3 Å². The van der Waals surface area contributed by atoms with Crippen LogP contribution in [0.1, 0.15) is 30.9 Å². The largest absolute Gasteiger partial charge is 0.494 e. The fraction of sp³-hybridized carbons (Fsp3) is 0.355. The van der Waals surface area contributed by atoms with Crippen LogP contribution in [0.25, 0.3) is 0 Å². The predicted molar refractivity (Wildman–Crippen MR) is 150 cm³/mol. The lowest BCUT2D eigenvalue weighted by molar-refractivity contribution is -0.149. The first kappa shape index (κ1) is 30.4. The number of amides is 2. The lowest BCUT2D eigenvalue weighted by atomic mass is 10.1. The summed E-state index contributed by atoms with van der Waals surface area (Å²) in [5, 5.41) is 12.3. The summed E-state index contributed by atoms with van der Waals surface area (Å²) in [7, 11) is 0. The van der Waals surface area contributed by atoms with E-state index in [1.54, 1.807) is 36.1 Å². The van der Waals surface area contributed by atoms with Crippen LogP contribution in [0.4, 0.5) is 9.18 Å². The molecule has 0 aliphatic carbocycles. The molecule has 9 heteroatoms. The smallest absolute Gasteiger partial charge is 0.333 e. The average molecular weight is 553 g/mol. The van der Waals surface area contributed by atoms with Gasteiger partial charge in [-0.05, 0) is 67.3 Å². The maximum atomic E-state index is 13.1. The maximum absolute atomic E-state index is 13.1. The van der Waals surface area contributed by atoms with Gasteiger partial charge in [-0.1, -0.05) is 42.5 Å². The number of hydrogen-bond donors (Lipinski definition) is 2. The molecular weight excluding hydrogens is 515 g/mol. The van der Waals surface area contributed by atoms with E-state index in [1.165, 1.54) is 12.1 Å². The van der Waals surface area contributed by atoms with Crippen LogP contribution in [0.3, 0.4) is 0 Å². The van der Waals surface area contributed by atoms with Gasteiger partial charge in [-0.15, -0.1) is 0 Å². The van der Waals surface area contributed by atoms with Gasteiger partial charge in [0, 0.05) is 26.1 Å². The number of nitrogens with one attached hydrogen (secondary N) is 1. The first-order chi connectivity index (χ1) is 19.4. The van der Waals surface area contributed by atoms with Gasteiger partial charge in [0.15, 0.2) is 6.10 Å². The third-order valence-corrected chi connectivity index (χ3v) is 6.10. The number of unbranched alkanes of at least 4 members (excludes halogenated alkanes) is 1. The van der Waals surface area contributed by atoms with Gasteiger partial charge in [-0.25, -0.2) is 14.0 Å². The van der Waals surface area contributed by atoms with Gasteiger partial charge >= 0.3 is 12.0 Å². The number of urea groups is 1. The van der Waals surface area contributed by atoms with Gasteiger partial charge in [0.25, 0.3) is 0 Å². The summed E-state index contributed by atoms with van der Waals surface area (Å²) < 4.78 is 29.9. The molecular formula is C31H37FN2O6. The van der Waals surface area contributed by atoms with Gasteiger partial charge in [0.05, 0.1) is 13.2 Å². The van der Waals surface area contributed by atoms with E-state index in [1.807, 2.05) is 42.5 Å². The minimum atomic E-state index is -0.991. The van der Waals surface area contributed by atoms with E-state index in [0.717, 1.165) is 24.0 Å². The van der Waals surface area contributed by atoms with Gasteiger partial charge in [0.1, 0.15) is 23.9 Å². The summed E-state index contributed by atoms with van der Waals surface area (Å²) in [6.07, 6.45) is 0.824. The molecule has 2 amide bonds. The summed E-state index contributed by atoms with van der Waals surface area (Å²) in [6, 6.07) is 22.6. The molecule has 1 unspecified atom stereocenters. The number of hydrogen-bond acceptors (Lipinski definition) is 5. The van der Waals surface area contributed by atoms with Crippen LogP contribution in [0.2, 0.25) is 0 Å². The Morgan fingerprint density at radius 2 is 1.50 bits per heavy atom. The van der Waals surface area contributed by atoms with Crippen molar-refractivity contribution >= 4 is 12.0 Å². The second kappa shape index (κ2) is 16.8. The number of ether oxygens (including phenoxy) is 3. The van der Waals surface area contributed by atoms with E-state index in [0.29, 0.717) is 51.0 Å². The Balaban J connectivity index is 1.48. The van der Waals surface area contributed by atoms with Gasteiger partial charge in [0.2, 0.25) is 0 Å². The zero-order chi connectivity index (χ0) is 28.6. The Bertz CT molecular complexity index is 1160. The Kier molecular flexibility index (Phi) is 12.8. The van der Waals surface area contributed by atoms with Crippen LogP contribution in [-0.4, -0.2) is 61.0 Å². The fourth-order valence-electron chi connectivity index (χ4n) is 3.95.